The predicted octanol–water partition coefficient (Wildman–Crippen LogP) is 0.0899. The van der Waals surface area contributed by atoms with E-state index in [1.165, 1.54) is 4.41 Å². The second-order valence-electron chi connectivity index (χ2n) is 1.77. The molecule has 0 aromatic heterocycles. The first-order valence-electron chi connectivity index (χ1n) is 3.12. The van der Waals surface area contributed by atoms with Gasteiger partial charge in [-0.3, -0.25) is 10.6 Å². The highest BCUT2D eigenvalue weighted by molar-refractivity contribution is 8.90. The Morgan fingerprint density at radius 2 is 2.25 bits per heavy atom. The summed E-state index contributed by atoms with van der Waals surface area (Å²) in [4.78, 5) is 18.4. The normalized spacial score (nSPS) is 15.2. The van der Waals surface area contributed by atoms with Crippen molar-refractivity contribution in [3.63, 3.8) is 0 Å². The molecule has 0 bridgehead atoms. The molecule has 0 aliphatic rings. The van der Waals surface area contributed by atoms with Gasteiger partial charge in [-0.2, -0.15) is 4.41 Å². The van der Waals surface area contributed by atoms with E-state index in [2.05, 4.69) is 17.0 Å². The summed E-state index contributed by atoms with van der Waals surface area (Å²) in [6.07, 6.45) is 0. The average molecular weight is 251 g/mol. The highest BCUT2D eigenvalue weighted by Crippen LogP contribution is 2.49. The Bertz CT molecular complexity index is 187. The molecule has 0 saturated heterocycles. The molecule has 5 N–H and O–H groups in total. The number of nitrogens with two attached hydrogens (primary N) is 1. The van der Waals surface area contributed by atoms with Crippen molar-refractivity contribution in [3.8, 4) is 0 Å². The molecule has 1 unspecified atom stereocenters. The van der Waals surface area contributed by atoms with Crippen LogP contribution in [0.3, 0.4) is 0 Å². The summed E-state index contributed by atoms with van der Waals surface area (Å²) in [7, 11) is 1.96. The van der Waals surface area contributed by atoms with Gasteiger partial charge in [-0.25, -0.2) is 0 Å². The van der Waals surface area contributed by atoms with Crippen LogP contribution in [0.25, 0.3) is 0 Å². The van der Waals surface area contributed by atoms with Crippen molar-refractivity contribution in [2.75, 3.05) is 13.6 Å². The van der Waals surface area contributed by atoms with Gasteiger partial charge in [0.1, 0.15) is 0 Å². The Labute approximate surface area is 83.6 Å². The summed E-state index contributed by atoms with van der Waals surface area (Å²) in [5, 5.41) is 0. The van der Waals surface area contributed by atoms with Crippen LogP contribution >= 0.6 is 28.9 Å². The second-order valence-corrected chi connectivity index (χ2v) is 11.6. The van der Waals surface area contributed by atoms with Gasteiger partial charge in [0, 0.05) is 26.8 Å². The minimum Gasteiger partial charge on any atom is -0.340 e. The van der Waals surface area contributed by atoms with Crippen LogP contribution in [-0.4, -0.2) is 27.8 Å². The van der Waals surface area contributed by atoms with Crippen molar-refractivity contribution < 1.29 is 9.79 Å². The third-order valence-electron chi connectivity index (χ3n) is 0.875. The molecule has 0 aliphatic carbocycles. The first kappa shape index (κ1) is 13.3. The summed E-state index contributed by atoms with van der Waals surface area (Å²) < 4.78 is 4.18. The van der Waals surface area contributed by atoms with Gasteiger partial charge in [0.25, 0.3) is 0 Å². The largest absolute Gasteiger partial charge is 0.340 e. The Morgan fingerprint density at radius 3 is 2.50 bits per heavy atom. The summed E-state index contributed by atoms with van der Waals surface area (Å²) in [5.74, 6) is 5.47. The van der Waals surface area contributed by atoms with E-state index in [1.54, 1.807) is 7.05 Å². The van der Waals surface area contributed by atoms with Gasteiger partial charge in [0.2, 0.25) is 5.69 Å². The van der Waals surface area contributed by atoms with Gasteiger partial charge in [-0.05, 0) is 7.05 Å². The third kappa shape index (κ3) is 5.11. The van der Waals surface area contributed by atoms with Crippen molar-refractivity contribution in [1.82, 2.24) is 9.14 Å². The van der Waals surface area contributed by atoms with Crippen molar-refractivity contribution in [1.29, 1.82) is 0 Å². The number of hydrogen-bond donors (Lipinski definition) is 5. The lowest BCUT2D eigenvalue weighted by Gasteiger charge is -2.18. The topological polar surface area (TPSA) is 81.8 Å². The molecule has 0 amide bonds. The van der Waals surface area contributed by atoms with Gasteiger partial charge in [-0.1, -0.05) is 19.2 Å². The molecule has 0 aliphatic heterocycles. The molecule has 0 aromatic carbocycles. The highest BCUT2D eigenvalue weighted by atomic mass is 33.3. The van der Waals surface area contributed by atoms with Crippen molar-refractivity contribution >= 4 is 38.2 Å². The molecule has 9 heteroatoms. The van der Waals surface area contributed by atoms with Crippen LogP contribution in [0, 0.1) is 0 Å². The maximum absolute atomic E-state index is 9.20. The van der Waals surface area contributed by atoms with E-state index in [4.69, 9.17) is 5.84 Å². The molecule has 0 radical (unpaired) electrons. The summed E-state index contributed by atoms with van der Waals surface area (Å²) >= 11 is 3.71. The van der Waals surface area contributed by atoms with Crippen LogP contribution in [0.2, 0.25) is 0 Å². The quantitative estimate of drug-likeness (QED) is 0.122. The van der Waals surface area contributed by atoms with E-state index in [-0.39, 0.29) is 0 Å². The van der Waals surface area contributed by atoms with E-state index < -0.39 is 15.0 Å². The van der Waals surface area contributed by atoms with E-state index in [1.807, 2.05) is 6.92 Å². The highest BCUT2D eigenvalue weighted by Gasteiger charge is 2.12. The molecular formula is C3H14N3O2PS3. The Hall–Kier alpha value is 1.28. The lowest BCUT2D eigenvalue weighted by atomic mass is 10.8. The zero-order valence-corrected chi connectivity index (χ0v) is 10.3. The Kier molecular flexibility index (Phi) is 6.52. The zero-order chi connectivity index (χ0) is 9.78. The third-order valence-corrected chi connectivity index (χ3v) is 10.6. The summed E-state index contributed by atoms with van der Waals surface area (Å²) in [5.41, 5.74) is -3.14. The standard InChI is InChI=1S/C3H14N3O2PS3/c1-3-6(4)11-12(5-2)9(7,8)10/h5,7-8,10H,3-4H2,1-2H3. The lowest BCUT2D eigenvalue weighted by Crippen LogP contribution is -2.26. The molecule has 0 heterocycles. The number of hydrogen-bond acceptors (Lipinski definition) is 3. The van der Waals surface area contributed by atoms with E-state index in [0.29, 0.717) is 6.54 Å². The fourth-order valence-electron chi connectivity index (χ4n) is 0.348. The maximum atomic E-state index is 9.20. The Morgan fingerprint density at radius 1 is 1.75 bits per heavy atom. The van der Waals surface area contributed by atoms with Gasteiger partial charge < -0.3 is 9.79 Å². The smallest absolute Gasteiger partial charge is 0.223 e. The minimum atomic E-state index is -3.14. The monoisotopic (exact) mass is 251 g/mol. The Balaban J connectivity index is 4.40. The zero-order valence-electron chi connectivity index (χ0n) is 6.84. The number of nitrogens with zero attached hydrogens (tertiary/aromatic N) is 1. The van der Waals surface area contributed by atoms with Gasteiger partial charge in [0.15, 0.2) is 0 Å². The minimum absolute atomic E-state index is 0.629. The number of thiol groups is 1. The van der Waals surface area contributed by atoms with Crippen molar-refractivity contribution in [3.05, 3.63) is 0 Å². The molecule has 12 heavy (non-hydrogen) atoms. The van der Waals surface area contributed by atoms with Crippen LogP contribution in [0.15, 0.2) is 0 Å². The van der Waals surface area contributed by atoms with Crippen LogP contribution in [0.1, 0.15) is 6.92 Å². The lowest BCUT2D eigenvalue weighted by molar-refractivity contribution is 0.502. The molecule has 0 rings (SSSR count). The fourth-order valence-corrected chi connectivity index (χ4v) is 6.25. The second kappa shape index (κ2) is 5.90. The molecule has 76 valence electrons. The number of nitrogens with one attached hydrogen (secondary N) is 1. The number of rotatable bonds is 4. The predicted molar refractivity (Wildman–Crippen MR) is 60.9 cm³/mol. The van der Waals surface area contributed by atoms with Crippen LogP contribution < -0.4 is 10.6 Å². The molecule has 0 spiro atoms. The van der Waals surface area contributed by atoms with E-state index >= 15 is 0 Å². The first-order valence-corrected chi connectivity index (χ1v) is 9.08. The SMILES string of the molecule is CCN(N)SS(NC)=P(O)(O)S. The van der Waals surface area contributed by atoms with E-state index in [9.17, 15) is 9.79 Å². The van der Waals surface area contributed by atoms with Crippen LogP contribution in [0.5, 0.6) is 0 Å². The maximum Gasteiger partial charge on any atom is 0.223 e. The molecule has 5 nitrogen and oxygen atoms in total. The molecule has 0 saturated carbocycles. The molecule has 0 aromatic rings. The van der Waals surface area contributed by atoms with Crippen molar-refractivity contribution in [2.24, 2.45) is 5.84 Å². The fraction of sp³-hybridized carbons (Fsp3) is 1.00. The van der Waals surface area contributed by atoms with Crippen LogP contribution in [0.4, 0.5) is 0 Å². The number of hydrazine groups is 1. The van der Waals surface area contributed by atoms with Crippen molar-refractivity contribution in [2.45, 2.75) is 6.92 Å². The van der Waals surface area contributed by atoms with Gasteiger partial charge in [0.05, 0.1) is 0 Å². The molecule has 1 atom stereocenters. The average Bonchev–Trinajstić information content (AvgIpc) is 1.97. The molecular weight excluding hydrogens is 237 g/mol. The molecule has 0 fully saturated rings. The first-order chi connectivity index (χ1) is 5.41. The summed E-state index contributed by atoms with van der Waals surface area (Å²) in [6, 6.07) is 0. The van der Waals surface area contributed by atoms with Gasteiger partial charge in [-0.15, -0.1) is 0 Å². The van der Waals surface area contributed by atoms with E-state index in [0.717, 1.165) is 11.0 Å². The van der Waals surface area contributed by atoms with Gasteiger partial charge >= 0.3 is 0 Å². The summed E-state index contributed by atoms with van der Waals surface area (Å²) in [6.45, 7) is 2.50. The van der Waals surface area contributed by atoms with Crippen LogP contribution in [-0.2, 0) is 9.29 Å².